The van der Waals surface area contributed by atoms with E-state index in [2.05, 4.69) is 19.6 Å². The number of rotatable bonds is 7. The molecule has 0 aromatic heterocycles. The predicted molar refractivity (Wildman–Crippen MR) is 91.3 cm³/mol. The van der Waals surface area contributed by atoms with Crippen molar-refractivity contribution < 1.29 is 9.47 Å². The lowest BCUT2D eigenvalue weighted by Gasteiger charge is -2.26. The third kappa shape index (κ3) is 4.45. The van der Waals surface area contributed by atoms with Crippen molar-refractivity contribution in [1.29, 1.82) is 5.41 Å². The summed E-state index contributed by atoms with van der Waals surface area (Å²) >= 11 is 0. The van der Waals surface area contributed by atoms with Gasteiger partial charge in [-0.15, -0.1) is 0 Å². The first kappa shape index (κ1) is 17.3. The molecule has 2 aliphatic rings. The Bertz CT molecular complexity index is 417. The maximum absolute atomic E-state index is 8.26. The van der Waals surface area contributed by atoms with E-state index in [1.807, 2.05) is 0 Å². The molecule has 0 heterocycles. The average molecular weight is 305 g/mol. The second-order valence-corrected chi connectivity index (χ2v) is 6.62. The van der Waals surface area contributed by atoms with Crippen LogP contribution in [0.25, 0.3) is 0 Å². The maximum atomic E-state index is 8.26. The molecule has 1 saturated carbocycles. The minimum absolute atomic E-state index is 0.223. The van der Waals surface area contributed by atoms with Crippen LogP contribution in [0.1, 0.15) is 64.7 Å². The highest BCUT2D eigenvalue weighted by atomic mass is 16.5. The van der Waals surface area contributed by atoms with Crippen LogP contribution in [0, 0.1) is 11.3 Å². The molecule has 0 saturated heterocycles. The van der Waals surface area contributed by atoms with Crippen LogP contribution in [0.2, 0.25) is 0 Å². The standard InChI is InChI=1S/C19H31NO2/c1-4-16(21-3)13-15-9-8-12-18(15)14(2)19(20)22-17-10-6-5-7-11-17/h12,15-17,20H,2,4-11,13H2,1,3H3. The van der Waals surface area contributed by atoms with E-state index in [-0.39, 0.29) is 12.0 Å². The fraction of sp³-hybridized carbons (Fsp3) is 0.737. The van der Waals surface area contributed by atoms with Crippen LogP contribution in [-0.4, -0.2) is 25.2 Å². The molecule has 1 fully saturated rings. The molecule has 1 N–H and O–H groups in total. The van der Waals surface area contributed by atoms with Gasteiger partial charge in [-0.2, -0.15) is 0 Å². The van der Waals surface area contributed by atoms with Gasteiger partial charge in [-0.05, 0) is 62.9 Å². The first-order valence-corrected chi connectivity index (χ1v) is 8.83. The topological polar surface area (TPSA) is 42.3 Å². The molecule has 0 amide bonds. The van der Waals surface area contributed by atoms with Gasteiger partial charge in [-0.25, -0.2) is 0 Å². The molecule has 0 bridgehead atoms. The Labute approximate surface area is 135 Å². The lowest BCUT2D eigenvalue weighted by molar-refractivity contribution is 0.0815. The van der Waals surface area contributed by atoms with Crippen LogP contribution in [-0.2, 0) is 9.47 Å². The molecule has 22 heavy (non-hydrogen) atoms. The van der Waals surface area contributed by atoms with Gasteiger partial charge in [-0.3, -0.25) is 5.41 Å². The Hall–Kier alpha value is -1.09. The highest BCUT2D eigenvalue weighted by Gasteiger charge is 2.27. The van der Waals surface area contributed by atoms with Gasteiger partial charge in [0.15, 0.2) is 0 Å². The summed E-state index contributed by atoms with van der Waals surface area (Å²) in [5, 5.41) is 8.26. The van der Waals surface area contributed by atoms with Crippen molar-refractivity contribution in [2.75, 3.05) is 7.11 Å². The van der Waals surface area contributed by atoms with Crippen molar-refractivity contribution in [2.24, 2.45) is 5.92 Å². The minimum Gasteiger partial charge on any atom is -0.474 e. The molecular weight excluding hydrogens is 274 g/mol. The van der Waals surface area contributed by atoms with Crippen LogP contribution in [0.3, 0.4) is 0 Å². The third-order valence-electron chi connectivity index (χ3n) is 5.11. The zero-order valence-electron chi connectivity index (χ0n) is 14.2. The Morgan fingerprint density at radius 3 is 2.68 bits per heavy atom. The van der Waals surface area contributed by atoms with Gasteiger partial charge >= 0.3 is 0 Å². The second kappa shape index (κ2) is 8.52. The van der Waals surface area contributed by atoms with Crippen LogP contribution in [0.4, 0.5) is 0 Å². The summed E-state index contributed by atoms with van der Waals surface area (Å²) in [6.07, 6.45) is 13.0. The molecule has 2 atom stereocenters. The van der Waals surface area contributed by atoms with Crippen LogP contribution in [0.5, 0.6) is 0 Å². The maximum Gasteiger partial charge on any atom is 0.213 e. The second-order valence-electron chi connectivity index (χ2n) is 6.62. The molecule has 0 radical (unpaired) electrons. The molecule has 0 spiro atoms. The highest BCUT2D eigenvalue weighted by molar-refractivity contribution is 5.95. The number of hydrogen-bond donors (Lipinski definition) is 1. The largest absolute Gasteiger partial charge is 0.474 e. The van der Waals surface area contributed by atoms with E-state index in [4.69, 9.17) is 14.9 Å². The molecular formula is C19H31NO2. The molecule has 2 aliphatic carbocycles. The van der Waals surface area contributed by atoms with Crippen LogP contribution < -0.4 is 0 Å². The Kier molecular flexibility index (Phi) is 6.69. The fourth-order valence-corrected chi connectivity index (χ4v) is 3.68. The number of allylic oxidation sites excluding steroid dienone is 1. The Morgan fingerprint density at radius 2 is 2.05 bits per heavy atom. The molecule has 0 aromatic carbocycles. The summed E-state index contributed by atoms with van der Waals surface area (Å²) in [7, 11) is 1.79. The number of hydrogen-bond acceptors (Lipinski definition) is 3. The number of methoxy groups -OCH3 is 1. The summed E-state index contributed by atoms with van der Waals surface area (Å²) < 4.78 is 11.4. The van der Waals surface area contributed by atoms with E-state index in [0.29, 0.717) is 12.0 Å². The van der Waals surface area contributed by atoms with Crippen LogP contribution >= 0.6 is 0 Å². The SMILES string of the molecule is C=C(C(=N)OC1CCCCC1)C1=CCCC1CC(CC)OC. The number of nitrogens with one attached hydrogen (secondary N) is 1. The minimum atomic E-state index is 0.223. The summed E-state index contributed by atoms with van der Waals surface area (Å²) in [5.74, 6) is 0.753. The van der Waals surface area contributed by atoms with E-state index < -0.39 is 0 Å². The van der Waals surface area contributed by atoms with Crippen molar-refractivity contribution >= 4 is 5.90 Å². The summed E-state index contributed by atoms with van der Waals surface area (Å²) in [6.45, 7) is 6.31. The first-order chi connectivity index (χ1) is 10.7. The number of ether oxygens (including phenoxy) is 2. The van der Waals surface area contributed by atoms with Gasteiger partial charge in [0.2, 0.25) is 5.90 Å². The lowest BCUT2D eigenvalue weighted by Crippen LogP contribution is -2.23. The molecule has 2 rings (SSSR count). The van der Waals surface area contributed by atoms with Crippen molar-refractivity contribution in [3.05, 3.63) is 23.8 Å². The van der Waals surface area contributed by atoms with E-state index in [1.54, 1.807) is 7.11 Å². The van der Waals surface area contributed by atoms with E-state index >= 15 is 0 Å². The normalized spacial score (nSPS) is 23.9. The van der Waals surface area contributed by atoms with Gasteiger partial charge in [0, 0.05) is 12.7 Å². The first-order valence-electron chi connectivity index (χ1n) is 8.83. The van der Waals surface area contributed by atoms with Gasteiger partial charge in [0.25, 0.3) is 0 Å². The predicted octanol–water partition coefficient (Wildman–Crippen LogP) is 5.02. The molecule has 124 valence electrons. The summed E-state index contributed by atoms with van der Waals surface area (Å²) in [5.41, 5.74) is 2.01. The Balaban J connectivity index is 1.90. The van der Waals surface area contributed by atoms with Crippen molar-refractivity contribution in [3.8, 4) is 0 Å². The fourth-order valence-electron chi connectivity index (χ4n) is 3.68. The molecule has 0 aromatic rings. The monoisotopic (exact) mass is 305 g/mol. The smallest absolute Gasteiger partial charge is 0.213 e. The third-order valence-corrected chi connectivity index (χ3v) is 5.11. The average Bonchev–Trinajstić information content (AvgIpc) is 3.00. The van der Waals surface area contributed by atoms with Gasteiger partial charge in [0.05, 0.1) is 6.10 Å². The lowest BCUT2D eigenvalue weighted by atomic mass is 9.89. The zero-order valence-corrected chi connectivity index (χ0v) is 14.2. The zero-order chi connectivity index (χ0) is 15.9. The van der Waals surface area contributed by atoms with Crippen molar-refractivity contribution in [1.82, 2.24) is 0 Å². The van der Waals surface area contributed by atoms with Gasteiger partial charge in [0.1, 0.15) is 6.10 Å². The molecule has 3 heteroatoms. The van der Waals surface area contributed by atoms with Crippen molar-refractivity contribution in [2.45, 2.75) is 76.9 Å². The van der Waals surface area contributed by atoms with Gasteiger partial charge < -0.3 is 9.47 Å². The van der Waals surface area contributed by atoms with E-state index in [1.165, 1.54) is 24.8 Å². The Morgan fingerprint density at radius 1 is 1.32 bits per heavy atom. The highest BCUT2D eigenvalue weighted by Crippen LogP contribution is 2.35. The van der Waals surface area contributed by atoms with E-state index in [9.17, 15) is 0 Å². The quantitative estimate of drug-likeness (QED) is 0.530. The molecule has 3 nitrogen and oxygen atoms in total. The van der Waals surface area contributed by atoms with Crippen molar-refractivity contribution in [3.63, 3.8) is 0 Å². The van der Waals surface area contributed by atoms with Crippen LogP contribution in [0.15, 0.2) is 23.8 Å². The summed E-state index contributed by atoms with van der Waals surface area (Å²) in [4.78, 5) is 0. The molecule has 2 unspecified atom stereocenters. The summed E-state index contributed by atoms with van der Waals surface area (Å²) in [6, 6.07) is 0. The van der Waals surface area contributed by atoms with E-state index in [0.717, 1.165) is 44.1 Å². The molecule has 0 aliphatic heterocycles. The van der Waals surface area contributed by atoms with Gasteiger partial charge in [-0.1, -0.05) is 26.0 Å².